The van der Waals surface area contributed by atoms with Gasteiger partial charge in [0.05, 0.1) is 11.8 Å². The van der Waals surface area contributed by atoms with E-state index in [1.165, 1.54) is 0 Å². The highest BCUT2D eigenvalue weighted by molar-refractivity contribution is 7.80. The fourth-order valence-corrected chi connectivity index (χ4v) is 2.78. The third-order valence-corrected chi connectivity index (χ3v) is 4.19. The first kappa shape index (κ1) is 20.2. The Morgan fingerprint density at radius 3 is 2.34 bits per heavy atom. The summed E-state index contributed by atoms with van der Waals surface area (Å²) in [7, 11) is 0. The van der Waals surface area contributed by atoms with Crippen LogP contribution in [0.3, 0.4) is 0 Å². The summed E-state index contributed by atoms with van der Waals surface area (Å²) in [5, 5.41) is 7.59. The molecule has 0 aliphatic heterocycles. The van der Waals surface area contributed by atoms with Gasteiger partial charge in [0.25, 0.3) is 0 Å². The van der Waals surface area contributed by atoms with E-state index in [1.807, 2.05) is 50.2 Å². The highest BCUT2D eigenvalue weighted by Gasteiger charge is 2.08. The first-order valence-electron chi connectivity index (χ1n) is 9.05. The lowest BCUT2D eigenvalue weighted by atomic mass is 10.1. The second kappa shape index (κ2) is 9.61. The Balaban J connectivity index is 1.52. The lowest BCUT2D eigenvalue weighted by Crippen LogP contribution is -2.23. The zero-order chi connectivity index (χ0) is 20.6. The molecule has 3 aromatic carbocycles. The lowest BCUT2D eigenvalue weighted by Gasteiger charge is -2.07. The van der Waals surface area contributed by atoms with Crippen LogP contribution in [0, 0.1) is 13.8 Å². The van der Waals surface area contributed by atoms with E-state index in [0.29, 0.717) is 16.4 Å². The lowest BCUT2D eigenvalue weighted by molar-refractivity contribution is 0.0734. The molecule has 0 aromatic heterocycles. The molecule has 0 amide bonds. The van der Waals surface area contributed by atoms with E-state index in [9.17, 15) is 4.79 Å². The molecular weight excluding hydrogens is 382 g/mol. The maximum absolute atomic E-state index is 12.2. The quantitative estimate of drug-likeness (QED) is 0.210. The number of ether oxygens (including phenoxy) is 1. The van der Waals surface area contributed by atoms with E-state index in [1.54, 1.807) is 42.6 Å². The molecule has 0 saturated heterocycles. The van der Waals surface area contributed by atoms with Gasteiger partial charge in [-0.25, -0.2) is 4.79 Å². The maximum Gasteiger partial charge on any atom is 0.343 e. The smallest absolute Gasteiger partial charge is 0.343 e. The zero-order valence-corrected chi connectivity index (χ0v) is 17.0. The van der Waals surface area contributed by atoms with E-state index in [4.69, 9.17) is 17.0 Å². The topological polar surface area (TPSA) is 62.7 Å². The average Bonchev–Trinajstić information content (AvgIpc) is 2.69. The second-order valence-electron chi connectivity index (χ2n) is 6.52. The number of benzene rings is 3. The molecule has 146 valence electrons. The Morgan fingerprint density at radius 2 is 1.66 bits per heavy atom. The number of aryl methyl sites for hydroxylation is 2. The Hall–Kier alpha value is -3.51. The molecule has 29 heavy (non-hydrogen) atoms. The molecule has 6 heteroatoms. The Bertz CT molecular complexity index is 1050. The van der Waals surface area contributed by atoms with Gasteiger partial charge < -0.3 is 10.1 Å². The molecule has 0 aliphatic rings. The van der Waals surface area contributed by atoms with Gasteiger partial charge in [-0.15, -0.1) is 0 Å². The fourth-order valence-electron chi connectivity index (χ4n) is 2.61. The molecule has 0 bridgehead atoms. The van der Waals surface area contributed by atoms with Gasteiger partial charge in [0.15, 0.2) is 5.11 Å². The Labute approximate surface area is 175 Å². The summed E-state index contributed by atoms with van der Waals surface area (Å²) >= 11 is 5.23. The number of hydrazone groups is 1. The molecule has 0 spiro atoms. The predicted molar refractivity (Wildman–Crippen MR) is 121 cm³/mol. The SMILES string of the molecule is Cc1cccc(NC(=S)N/N=C\c2ccc(OC(=O)c3cccc(C)c3)cc2)c1. The van der Waals surface area contributed by atoms with Crippen molar-refractivity contribution in [3.8, 4) is 5.75 Å². The molecule has 0 unspecified atom stereocenters. The number of thiocarbonyl (C=S) groups is 1. The Kier molecular flexibility index (Phi) is 6.71. The highest BCUT2D eigenvalue weighted by atomic mass is 32.1. The minimum atomic E-state index is -0.385. The number of nitrogens with zero attached hydrogens (tertiary/aromatic N) is 1. The van der Waals surface area contributed by atoms with Gasteiger partial charge in [-0.3, -0.25) is 5.43 Å². The van der Waals surface area contributed by atoms with Crippen molar-refractivity contribution in [2.24, 2.45) is 5.10 Å². The van der Waals surface area contributed by atoms with Gasteiger partial charge in [0.1, 0.15) is 5.75 Å². The van der Waals surface area contributed by atoms with Crippen molar-refractivity contribution in [1.29, 1.82) is 0 Å². The molecule has 0 fully saturated rings. The first-order valence-corrected chi connectivity index (χ1v) is 9.46. The molecule has 0 aliphatic carbocycles. The molecular formula is C23H21N3O2S. The molecule has 0 saturated carbocycles. The van der Waals surface area contributed by atoms with Crippen LogP contribution in [-0.2, 0) is 0 Å². The van der Waals surface area contributed by atoms with Crippen LogP contribution in [-0.4, -0.2) is 17.3 Å². The summed E-state index contributed by atoms with van der Waals surface area (Å²) < 4.78 is 5.40. The van der Waals surface area contributed by atoms with Gasteiger partial charge in [-0.2, -0.15) is 5.10 Å². The van der Waals surface area contributed by atoms with Crippen molar-refractivity contribution < 1.29 is 9.53 Å². The Morgan fingerprint density at radius 1 is 0.966 bits per heavy atom. The summed E-state index contributed by atoms with van der Waals surface area (Å²) in [5.41, 5.74) is 7.19. The van der Waals surface area contributed by atoms with Crippen molar-refractivity contribution in [3.05, 3.63) is 95.1 Å². The standard InChI is InChI=1S/C23H21N3O2S/c1-16-5-3-7-19(13-16)22(27)28-21-11-9-18(10-12-21)15-24-26-23(29)25-20-8-4-6-17(2)14-20/h3-15H,1-2H3,(H2,25,26,29)/b24-15-. The van der Waals surface area contributed by atoms with Crippen LogP contribution in [0.15, 0.2) is 77.9 Å². The molecule has 0 heterocycles. The normalized spacial score (nSPS) is 10.6. The summed E-state index contributed by atoms with van der Waals surface area (Å²) in [5.74, 6) is 0.0857. The third kappa shape index (κ3) is 6.26. The van der Waals surface area contributed by atoms with Crippen LogP contribution < -0.4 is 15.5 Å². The largest absolute Gasteiger partial charge is 0.423 e. The summed E-state index contributed by atoms with van der Waals surface area (Å²) in [4.78, 5) is 12.2. The van der Waals surface area contributed by atoms with Gasteiger partial charge in [0.2, 0.25) is 0 Å². The molecule has 0 atom stereocenters. The van der Waals surface area contributed by atoms with Crippen LogP contribution in [0.5, 0.6) is 5.75 Å². The maximum atomic E-state index is 12.2. The number of rotatable bonds is 5. The number of hydrogen-bond acceptors (Lipinski definition) is 4. The highest BCUT2D eigenvalue weighted by Crippen LogP contribution is 2.14. The minimum Gasteiger partial charge on any atom is -0.423 e. The van der Waals surface area contributed by atoms with Crippen molar-refractivity contribution >= 4 is 35.2 Å². The first-order chi connectivity index (χ1) is 14.0. The van der Waals surface area contributed by atoms with Crippen LogP contribution in [0.25, 0.3) is 0 Å². The van der Waals surface area contributed by atoms with Gasteiger partial charge in [-0.1, -0.05) is 29.8 Å². The number of esters is 1. The van der Waals surface area contributed by atoms with Crippen molar-refractivity contribution in [2.45, 2.75) is 13.8 Å². The van der Waals surface area contributed by atoms with Gasteiger partial charge in [-0.05, 0) is 85.7 Å². The molecule has 3 aromatic rings. The number of nitrogens with one attached hydrogen (secondary N) is 2. The van der Waals surface area contributed by atoms with Crippen LogP contribution in [0.4, 0.5) is 5.69 Å². The average molecular weight is 404 g/mol. The fraction of sp³-hybridized carbons (Fsp3) is 0.0870. The van der Waals surface area contributed by atoms with Crippen molar-refractivity contribution in [3.63, 3.8) is 0 Å². The second-order valence-corrected chi connectivity index (χ2v) is 6.93. The number of hydrogen-bond donors (Lipinski definition) is 2. The summed E-state index contributed by atoms with van der Waals surface area (Å²) in [6.07, 6.45) is 1.64. The van der Waals surface area contributed by atoms with Crippen LogP contribution in [0.2, 0.25) is 0 Å². The number of carbonyl (C=O) groups excluding carboxylic acids is 1. The summed E-state index contributed by atoms with van der Waals surface area (Å²) in [6.45, 7) is 3.95. The van der Waals surface area contributed by atoms with Gasteiger partial charge in [0, 0.05) is 5.69 Å². The van der Waals surface area contributed by atoms with E-state index < -0.39 is 0 Å². The zero-order valence-electron chi connectivity index (χ0n) is 16.2. The van der Waals surface area contributed by atoms with E-state index in [0.717, 1.165) is 22.4 Å². The number of carbonyl (C=O) groups is 1. The van der Waals surface area contributed by atoms with E-state index in [-0.39, 0.29) is 5.97 Å². The third-order valence-electron chi connectivity index (χ3n) is 4.00. The number of anilines is 1. The van der Waals surface area contributed by atoms with Gasteiger partial charge >= 0.3 is 5.97 Å². The molecule has 3 rings (SSSR count). The minimum absolute atomic E-state index is 0.385. The van der Waals surface area contributed by atoms with Crippen LogP contribution in [0.1, 0.15) is 27.0 Å². The molecule has 0 radical (unpaired) electrons. The predicted octanol–water partition coefficient (Wildman–Crippen LogP) is 4.84. The molecule has 5 nitrogen and oxygen atoms in total. The van der Waals surface area contributed by atoms with Crippen molar-refractivity contribution in [2.75, 3.05) is 5.32 Å². The van der Waals surface area contributed by atoms with E-state index >= 15 is 0 Å². The molecule has 2 N–H and O–H groups in total. The monoisotopic (exact) mass is 403 g/mol. The van der Waals surface area contributed by atoms with E-state index in [2.05, 4.69) is 15.8 Å². The van der Waals surface area contributed by atoms with Crippen LogP contribution >= 0.6 is 12.2 Å². The summed E-state index contributed by atoms with van der Waals surface area (Å²) in [6, 6.07) is 22.2. The van der Waals surface area contributed by atoms with Crippen molar-refractivity contribution in [1.82, 2.24) is 5.43 Å².